The molecule has 124 valence electrons. The lowest BCUT2D eigenvalue weighted by Crippen LogP contribution is -2.43. The summed E-state index contributed by atoms with van der Waals surface area (Å²) in [5.74, 6) is -0.363. The molecule has 3 rings (SSSR count). The van der Waals surface area contributed by atoms with E-state index in [-0.39, 0.29) is 41.2 Å². The number of hydrogen-bond donors (Lipinski definition) is 0. The number of sulfone groups is 1. The van der Waals surface area contributed by atoms with E-state index in [0.717, 1.165) is 0 Å². The van der Waals surface area contributed by atoms with Crippen molar-refractivity contribution in [2.24, 2.45) is 11.8 Å². The van der Waals surface area contributed by atoms with E-state index in [1.807, 2.05) is 0 Å². The molecule has 2 saturated heterocycles. The second-order valence-corrected chi connectivity index (χ2v) is 8.62. The van der Waals surface area contributed by atoms with Gasteiger partial charge in [0.25, 0.3) is 0 Å². The van der Waals surface area contributed by atoms with Crippen molar-refractivity contribution in [3.8, 4) is 0 Å². The molecule has 0 radical (unpaired) electrons. The van der Waals surface area contributed by atoms with Crippen LogP contribution >= 0.6 is 0 Å². The van der Waals surface area contributed by atoms with E-state index in [2.05, 4.69) is 0 Å². The minimum atomic E-state index is -3.01. The molecule has 3 unspecified atom stereocenters. The summed E-state index contributed by atoms with van der Waals surface area (Å²) in [6, 6.07) is -0.239. The highest BCUT2D eigenvalue weighted by Gasteiger charge is 2.51. The van der Waals surface area contributed by atoms with Crippen LogP contribution in [0.2, 0.25) is 0 Å². The summed E-state index contributed by atoms with van der Waals surface area (Å²) in [5.41, 5.74) is 0. The lowest BCUT2D eigenvalue weighted by atomic mass is 10.2. The van der Waals surface area contributed by atoms with Crippen molar-refractivity contribution in [3.05, 3.63) is 0 Å². The van der Waals surface area contributed by atoms with Gasteiger partial charge in [-0.2, -0.15) is 0 Å². The summed E-state index contributed by atoms with van der Waals surface area (Å²) >= 11 is 0. The van der Waals surface area contributed by atoms with Crippen LogP contribution in [-0.4, -0.2) is 80.9 Å². The summed E-state index contributed by atoms with van der Waals surface area (Å²) in [4.78, 5) is 28.1. The summed E-state index contributed by atoms with van der Waals surface area (Å²) in [5, 5.41) is 0. The Labute approximate surface area is 130 Å². The van der Waals surface area contributed by atoms with Gasteiger partial charge in [0.2, 0.25) is 11.8 Å². The van der Waals surface area contributed by atoms with Gasteiger partial charge in [-0.1, -0.05) is 0 Å². The first-order valence-corrected chi connectivity index (χ1v) is 9.55. The highest BCUT2D eigenvalue weighted by atomic mass is 32.2. The van der Waals surface area contributed by atoms with E-state index >= 15 is 0 Å². The first-order chi connectivity index (χ1) is 10.4. The van der Waals surface area contributed by atoms with Crippen LogP contribution in [0.3, 0.4) is 0 Å². The fraction of sp³-hybridized carbons (Fsp3) is 0.857. The average Bonchev–Trinajstić information content (AvgIpc) is 3.23. The van der Waals surface area contributed by atoms with E-state index in [4.69, 9.17) is 4.74 Å². The number of hydrogen-bond acceptors (Lipinski definition) is 5. The molecular formula is C14H22N2O5S. The molecule has 3 aliphatic rings. The second kappa shape index (κ2) is 5.81. The summed E-state index contributed by atoms with van der Waals surface area (Å²) in [7, 11) is -1.35. The van der Waals surface area contributed by atoms with Crippen molar-refractivity contribution in [2.75, 3.05) is 44.9 Å². The van der Waals surface area contributed by atoms with E-state index in [1.54, 1.807) is 16.8 Å². The molecule has 0 aromatic heterocycles. The zero-order valence-electron chi connectivity index (χ0n) is 12.7. The quantitative estimate of drug-likeness (QED) is 0.671. The molecule has 0 spiro atoms. The number of amides is 2. The summed E-state index contributed by atoms with van der Waals surface area (Å²) in [6.07, 6.45) is 1.08. The number of nitrogens with zero attached hydrogens (tertiary/aromatic N) is 2. The predicted octanol–water partition coefficient (Wildman–Crippen LogP) is -0.873. The van der Waals surface area contributed by atoms with Gasteiger partial charge in [0.1, 0.15) is 0 Å². The Balaban J connectivity index is 1.55. The van der Waals surface area contributed by atoms with Crippen molar-refractivity contribution in [3.63, 3.8) is 0 Å². The molecule has 3 fully saturated rings. The molecular weight excluding hydrogens is 308 g/mol. The van der Waals surface area contributed by atoms with Crippen molar-refractivity contribution >= 4 is 21.7 Å². The van der Waals surface area contributed by atoms with Crippen molar-refractivity contribution in [2.45, 2.75) is 18.9 Å². The molecule has 22 heavy (non-hydrogen) atoms. The number of morpholine rings is 1. The van der Waals surface area contributed by atoms with Crippen molar-refractivity contribution in [1.82, 2.24) is 9.80 Å². The SMILES string of the molecule is CN(C(=O)C1CC1C(=O)N1CCOCC1)C1CCS(=O)(=O)C1. The molecule has 2 heterocycles. The van der Waals surface area contributed by atoms with Gasteiger partial charge in [0.15, 0.2) is 9.84 Å². The van der Waals surface area contributed by atoms with Gasteiger partial charge in [-0.05, 0) is 12.8 Å². The predicted molar refractivity (Wildman–Crippen MR) is 78.8 cm³/mol. The van der Waals surface area contributed by atoms with Crippen LogP contribution in [0.1, 0.15) is 12.8 Å². The van der Waals surface area contributed by atoms with E-state index < -0.39 is 9.84 Å². The van der Waals surface area contributed by atoms with Crippen molar-refractivity contribution < 1.29 is 22.7 Å². The number of carbonyl (C=O) groups excluding carboxylic acids is 2. The van der Waals surface area contributed by atoms with Crippen LogP contribution in [0, 0.1) is 11.8 Å². The summed E-state index contributed by atoms with van der Waals surface area (Å²) < 4.78 is 28.3. The topological polar surface area (TPSA) is 84.0 Å². The largest absolute Gasteiger partial charge is 0.378 e. The number of rotatable bonds is 3. The van der Waals surface area contributed by atoms with Crippen molar-refractivity contribution in [1.29, 1.82) is 0 Å². The van der Waals surface area contributed by atoms with Crippen LogP contribution in [0.15, 0.2) is 0 Å². The fourth-order valence-corrected chi connectivity index (χ4v) is 5.06. The van der Waals surface area contributed by atoms with Gasteiger partial charge in [-0.25, -0.2) is 8.42 Å². The van der Waals surface area contributed by atoms with Gasteiger partial charge in [0, 0.05) is 26.2 Å². The minimum Gasteiger partial charge on any atom is -0.378 e. The molecule has 1 saturated carbocycles. The molecule has 2 amide bonds. The Kier molecular flexibility index (Phi) is 4.15. The molecule has 0 aromatic carbocycles. The third-order valence-electron chi connectivity index (χ3n) is 4.85. The molecule has 2 aliphatic heterocycles. The molecule has 3 atom stereocenters. The van der Waals surface area contributed by atoms with Crippen LogP contribution in [0.4, 0.5) is 0 Å². The fourth-order valence-electron chi connectivity index (χ4n) is 3.28. The van der Waals surface area contributed by atoms with Crippen LogP contribution in [0.25, 0.3) is 0 Å². The zero-order valence-corrected chi connectivity index (χ0v) is 13.5. The molecule has 7 nitrogen and oxygen atoms in total. The smallest absolute Gasteiger partial charge is 0.226 e. The molecule has 0 aromatic rings. The maximum Gasteiger partial charge on any atom is 0.226 e. The first-order valence-electron chi connectivity index (χ1n) is 7.73. The van der Waals surface area contributed by atoms with E-state index in [1.165, 1.54) is 0 Å². The Morgan fingerprint density at radius 2 is 1.86 bits per heavy atom. The van der Waals surface area contributed by atoms with Gasteiger partial charge in [-0.15, -0.1) is 0 Å². The minimum absolute atomic E-state index is 0.0362. The zero-order chi connectivity index (χ0) is 15.9. The Morgan fingerprint density at radius 1 is 1.18 bits per heavy atom. The first kappa shape index (κ1) is 15.7. The maximum absolute atomic E-state index is 12.4. The maximum atomic E-state index is 12.4. The molecule has 0 N–H and O–H groups in total. The third-order valence-corrected chi connectivity index (χ3v) is 6.60. The summed E-state index contributed by atoms with van der Waals surface area (Å²) in [6.45, 7) is 2.29. The van der Waals surface area contributed by atoms with Gasteiger partial charge in [-0.3, -0.25) is 9.59 Å². The highest BCUT2D eigenvalue weighted by Crippen LogP contribution is 2.42. The number of ether oxygens (including phenoxy) is 1. The van der Waals surface area contributed by atoms with Crippen LogP contribution in [-0.2, 0) is 24.2 Å². The Bertz CT molecular complexity index is 570. The second-order valence-electron chi connectivity index (χ2n) is 6.39. The van der Waals surface area contributed by atoms with Crippen LogP contribution in [0.5, 0.6) is 0 Å². The molecule has 8 heteroatoms. The molecule has 1 aliphatic carbocycles. The lowest BCUT2D eigenvalue weighted by molar-refractivity contribution is -0.140. The third kappa shape index (κ3) is 3.12. The highest BCUT2D eigenvalue weighted by molar-refractivity contribution is 7.91. The normalized spacial score (nSPS) is 33.5. The van der Waals surface area contributed by atoms with Crippen LogP contribution < -0.4 is 0 Å². The van der Waals surface area contributed by atoms with Gasteiger partial charge >= 0.3 is 0 Å². The molecule has 0 bridgehead atoms. The van der Waals surface area contributed by atoms with Gasteiger partial charge in [0.05, 0.1) is 36.6 Å². The average molecular weight is 330 g/mol. The Hall–Kier alpha value is -1.15. The van der Waals surface area contributed by atoms with E-state index in [9.17, 15) is 18.0 Å². The lowest BCUT2D eigenvalue weighted by Gasteiger charge is -2.27. The van der Waals surface area contributed by atoms with Gasteiger partial charge < -0.3 is 14.5 Å². The van der Waals surface area contributed by atoms with E-state index in [0.29, 0.717) is 39.1 Å². The standard InChI is InChI=1S/C14H22N2O5S/c1-15(10-2-7-22(19,20)9-10)13(17)11-8-12(11)14(18)16-3-5-21-6-4-16/h10-12H,2-9H2,1H3. The monoisotopic (exact) mass is 330 g/mol. The Morgan fingerprint density at radius 3 is 2.45 bits per heavy atom. The number of carbonyl (C=O) groups is 2.